The first-order valence-electron chi connectivity index (χ1n) is 5.25. The standard InChI is InChI=1S/C12H18FNO2/c1-7(2)12-9(13)4-8(10(14)6-15)5-11(12)16-3/h4-5,7,10,15H,6,14H2,1-3H3. The molecule has 0 saturated carbocycles. The maximum absolute atomic E-state index is 13.8. The van der Waals surface area contributed by atoms with Crippen molar-refractivity contribution in [3.8, 4) is 5.75 Å². The summed E-state index contributed by atoms with van der Waals surface area (Å²) in [4.78, 5) is 0. The molecule has 0 aromatic heterocycles. The summed E-state index contributed by atoms with van der Waals surface area (Å²) >= 11 is 0. The molecule has 1 aromatic rings. The molecular weight excluding hydrogens is 209 g/mol. The molecule has 3 nitrogen and oxygen atoms in total. The Morgan fingerprint density at radius 2 is 2.06 bits per heavy atom. The average molecular weight is 227 g/mol. The molecule has 0 saturated heterocycles. The van der Waals surface area contributed by atoms with Gasteiger partial charge in [0.1, 0.15) is 11.6 Å². The van der Waals surface area contributed by atoms with Crippen LogP contribution in [0.25, 0.3) is 0 Å². The number of hydrogen-bond acceptors (Lipinski definition) is 3. The van der Waals surface area contributed by atoms with Gasteiger partial charge in [-0.3, -0.25) is 0 Å². The highest BCUT2D eigenvalue weighted by atomic mass is 19.1. The van der Waals surface area contributed by atoms with Crippen LogP contribution in [-0.2, 0) is 0 Å². The van der Waals surface area contributed by atoms with E-state index in [-0.39, 0.29) is 18.3 Å². The summed E-state index contributed by atoms with van der Waals surface area (Å²) in [6, 6.07) is 2.46. The van der Waals surface area contributed by atoms with Crippen LogP contribution >= 0.6 is 0 Å². The van der Waals surface area contributed by atoms with Gasteiger partial charge in [0, 0.05) is 5.56 Å². The molecule has 0 spiro atoms. The Morgan fingerprint density at radius 1 is 1.44 bits per heavy atom. The third-order valence-electron chi connectivity index (χ3n) is 2.54. The lowest BCUT2D eigenvalue weighted by Crippen LogP contribution is -2.15. The van der Waals surface area contributed by atoms with Crippen LogP contribution in [-0.4, -0.2) is 18.8 Å². The summed E-state index contributed by atoms with van der Waals surface area (Å²) < 4.78 is 19.0. The number of nitrogens with two attached hydrogens (primary N) is 1. The second kappa shape index (κ2) is 5.27. The molecule has 0 fully saturated rings. The van der Waals surface area contributed by atoms with Crippen molar-refractivity contribution in [2.24, 2.45) is 5.73 Å². The van der Waals surface area contributed by atoms with Crippen LogP contribution in [0.3, 0.4) is 0 Å². The Balaban J connectivity index is 3.26. The fourth-order valence-corrected chi connectivity index (χ4v) is 1.66. The number of aliphatic hydroxyl groups excluding tert-OH is 1. The zero-order chi connectivity index (χ0) is 12.3. The Labute approximate surface area is 95.0 Å². The third-order valence-corrected chi connectivity index (χ3v) is 2.54. The Hall–Kier alpha value is -1.13. The van der Waals surface area contributed by atoms with E-state index in [2.05, 4.69) is 0 Å². The number of halogens is 1. The number of hydrogen-bond donors (Lipinski definition) is 2. The second-order valence-corrected chi connectivity index (χ2v) is 4.06. The van der Waals surface area contributed by atoms with Gasteiger partial charge in [-0.1, -0.05) is 13.8 Å². The van der Waals surface area contributed by atoms with Crippen LogP contribution < -0.4 is 10.5 Å². The van der Waals surface area contributed by atoms with Gasteiger partial charge in [-0.05, 0) is 23.6 Å². The summed E-state index contributed by atoms with van der Waals surface area (Å²) in [6.07, 6.45) is 0. The predicted molar refractivity (Wildman–Crippen MR) is 61.1 cm³/mol. The first-order chi connectivity index (χ1) is 7.51. The topological polar surface area (TPSA) is 55.5 Å². The molecule has 90 valence electrons. The van der Waals surface area contributed by atoms with Gasteiger partial charge in [-0.2, -0.15) is 0 Å². The normalized spacial score (nSPS) is 12.9. The first-order valence-corrected chi connectivity index (χ1v) is 5.25. The molecule has 1 unspecified atom stereocenters. The van der Waals surface area contributed by atoms with Gasteiger partial charge in [0.25, 0.3) is 0 Å². The fourth-order valence-electron chi connectivity index (χ4n) is 1.66. The van der Waals surface area contributed by atoms with Crippen molar-refractivity contribution in [3.63, 3.8) is 0 Å². The SMILES string of the molecule is COc1cc(C(N)CO)cc(F)c1C(C)C. The summed E-state index contributed by atoms with van der Waals surface area (Å²) in [5.74, 6) is 0.177. The Morgan fingerprint density at radius 3 is 2.50 bits per heavy atom. The Bertz CT molecular complexity index is 366. The first kappa shape index (κ1) is 12.9. The van der Waals surface area contributed by atoms with E-state index in [4.69, 9.17) is 15.6 Å². The molecule has 0 aliphatic carbocycles. The van der Waals surface area contributed by atoms with Crippen LogP contribution in [0.2, 0.25) is 0 Å². The summed E-state index contributed by atoms with van der Waals surface area (Å²) in [7, 11) is 1.49. The zero-order valence-corrected chi connectivity index (χ0v) is 9.83. The van der Waals surface area contributed by atoms with Gasteiger partial charge in [0.2, 0.25) is 0 Å². The maximum atomic E-state index is 13.8. The quantitative estimate of drug-likeness (QED) is 0.826. The van der Waals surface area contributed by atoms with Gasteiger partial charge in [-0.25, -0.2) is 4.39 Å². The number of ether oxygens (including phenoxy) is 1. The summed E-state index contributed by atoms with van der Waals surface area (Å²) in [5, 5.41) is 8.93. The largest absolute Gasteiger partial charge is 0.496 e. The molecule has 4 heteroatoms. The zero-order valence-electron chi connectivity index (χ0n) is 9.83. The van der Waals surface area contributed by atoms with E-state index in [1.165, 1.54) is 13.2 Å². The minimum Gasteiger partial charge on any atom is -0.496 e. The molecule has 1 rings (SSSR count). The lowest BCUT2D eigenvalue weighted by molar-refractivity contribution is 0.267. The van der Waals surface area contributed by atoms with E-state index in [1.54, 1.807) is 6.07 Å². The van der Waals surface area contributed by atoms with Gasteiger partial charge in [0.15, 0.2) is 0 Å². The van der Waals surface area contributed by atoms with Crippen LogP contribution in [0.4, 0.5) is 4.39 Å². The number of aliphatic hydroxyl groups is 1. The van der Waals surface area contributed by atoms with Crippen molar-refractivity contribution in [3.05, 3.63) is 29.1 Å². The van der Waals surface area contributed by atoms with Crippen molar-refractivity contribution in [1.82, 2.24) is 0 Å². The van der Waals surface area contributed by atoms with Gasteiger partial charge >= 0.3 is 0 Å². The third kappa shape index (κ3) is 2.51. The van der Waals surface area contributed by atoms with E-state index < -0.39 is 6.04 Å². The maximum Gasteiger partial charge on any atom is 0.130 e. The molecule has 0 radical (unpaired) electrons. The molecule has 0 bridgehead atoms. The van der Waals surface area contributed by atoms with E-state index in [0.717, 1.165) is 0 Å². The molecule has 0 aliphatic rings. The second-order valence-electron chi connectivity index (χ2n) is 4.06. The summed E-state index contributed by atoms with van der Waals surface area (Å²) in [5.41, 5.74) is 6.72. The molecule has 0 aliphatic heterocycles. The lowest BCUT2D eigenvalue weighted by atomic mass is 9.97. The van der Waals surface area contributed by atoms with Crippen molar-refractivity contribution in [1.29, 1.82) is 0 Å². The highest BCUT2D eigenvalue weighted by Gasteiger charge is 2.17. The van der Waals surface area contributed by atoms with Crippen LogP contribution in [0.5, 0.6) is 5.75 Å². The van der Waals surface area contributed by atoms with Crippen molar-refractivity contribution >= 4 is 0 Å². The number of methoxy groups -OCH3 is 1. The predicted octanol–water partition coefficient (Wildman–Crippen LogP) is 1.95. The molecule has 0 amide bonds. The smallest absolute Gasteiger partial charge is 0.130 e. The van der Waals surface area contributed by atoms with E-state index >= 15 is 0 Å². The van der Waals surface area contributed by atoms with E-state index in [9.17, 15) is 4.39 Å². The minimum absolute atomic E-state index is 0.0364. The highest BCUT2D eigenvalue weighted by Crippen LogP contribution is 2.31. The molecule has 1 atom stereocenters. The van der Waals surface area contributed by atoms with Crippen LogP contribution in [0.1, 0.15) is 36.9 Å². The van der Waals surface area contributed by atoms with Gasteiger partial charge in [-0.15, -0.1) is 0 Å². The molecule has 0 heterocycles. The fraction of sp³-hybridized carbons (Fsp3) is 0.500. The van der Waals surface area contributed by atoms with Crippen molar-refractivity contribution < 1.29 is 14.2 Å². The number of rotatable bonds is 4. The monoisotopic (exact) mass is 227 g/mol. The molecule has 3 N–H and O–H groups in total. The van der Waals surface area contributed by atoms with E-state index in [0.29, 0.717) is 16.9 Å². The molecule has 16 heavy (non-hydrogen) atoms. The molecular formula is C12H18FNO2. The van der Waals surface area contributed by atoms with Crippen LogP contribution in [0.15, 0.2) is 12.1 Å². The van der Waals surface area contributed by atoms with Gasteiger partial charge < -0.3 is 15.6 Å². The van der Waals surface area contributed by atoms with Gasteiger partial charge in [0.05, 0.1) is 19.8 Å². The van der Waals surface area contributed by atoms with Crippen molar-refractivity contribution in [2.75, 3.05) is 13.7 Å². The summed E-state index contributed by atoms with van der Waals surface area (Å²) in [6.45, 7) is 3.57. The highest BCUT2D eigenvalue weighted by molar-refractivity contribution is 5.41. The van der Waals surface area contributed by atoms with E-state index in [1.807, 2.05) is 13.8 Å². The van der Waals surface area contributed by atoms with Crippen LogP contribution in [0, 0.1) is 5.82 Å². The number of benzene rings is 1. The Kier molecular flexibility index (Phi) is 4.26. The lowest BCUT2D eigenvalue weighted by Gasteiger charge is -2.16. The minimum atomic E-state index is -0.579. The van der Waals surface area contributed by atoms with Crippen molar-refractivity contribution in [2.45, 2.75) is 25.8 Å². The average Bonchev–Trinajstić information content (AvgIpc) is 2.26. The molecule has 1 aromatic carbocycles.